The third kappa shape index (κ3) is 4.36. The Kier molecular flexibility index (Phi) is 3.52. The van der Waals surface area contributed by atoms with E-state index in [9.17, 15) is 8.42 Å². The zero-order valence-corrected chi connectivity index (χ0v) is 9.65. The molecular weight excluding hydrogens is 204 g/mol. The molecule has 0 radical (unpaired) electrons. The van der Waals surface area contributed by atoms with Crippen molar-refractivity contribution in [3.63, 3.8) is 0 Å². The van der Waals surface area contributed by atoms with Gasteiger partial charge in [-0.2, -0.15) is 0 Å². The molecule has 1 fully saturated rings. The zero-order valence-electron chi connectivity index (χ0n) is 8.83. The molecule has 14 heavy (non-hydrogen) atoms. The summed E-state index contributed by atoms with van der Waals surface area (Å²) >= 11 is 0. The molecule has 1 heterocycles. The molecule has 6 heteroatoms. The zero-order chi connectivity index (χ0) is 10.8. The van der Waals surface area contributed by atoms with E-state index >= 15 is 0 Å². The van der Waals surface area contributed by atoms with Crippen LogP contribution < -0.4 is 10.0 Å². The molecule has 1 saturated heterocycles. The normalized spacial score (nSPS) is 19.4. The second kappa shape index (κ2) is 4.14. The van der Waals surface area contributed by atoms with Crippen LogP contribution in [-0.4, -0.2) is 46.0 Å². The van der Waals surface area contributed by atoms with Crippen LogP contribution in [-0.2, 0) is 14.8 Å². The molecule has 0 unspecified atom stereocenters. The molecule has 1 aliphatic heterocycles. The standard InChI is InChI=1S/C8H18N2O3S/c1-8(2,10-14(3,11)12)6-9-7-4-13-5-7/h7,9-10H,4-6H2,1-3H3. The van der Waals surface area contributed by atoms with Gasteiger partial charge in [0.2, 0.25) is 10.0 Å². The highest BCUT2D eigenvalue weighted by Gasteiger charge is 2.25. The fourth-order valence-corrected chi connectivity index (χ4v) is 2.37. The highest BCUT2D eigenvalue weighted by Crippen LogP contribution is 2.05. The molecule has 1 aliphatic rings. The molecule has 0 atom stereocenters. The summed E-state index contributed by atoms with van der Waals surface area (Å²) in [5.41, 5.74) is -0.455. The van der Waals surface area contributed by atoms with Gasteiger partial charge in [0.1, 0.15) is 0 Å². The number of hydrogen-bond acceptors (Lipinski definition) is 4. The lowest BCUT2D eigenvalue weighted by atomic mass is 10.1. The fourth-order valence-electron chi connectivity index (χ4n) is 1.29. The number of sulfonamides is 1. The van der Waals surface area contributed by atoms with Crippen molar-refractivity contribution in [3.05, 3.63) is 0 Å². The molecule has 84 valence electrons. The lowest BCUT2D eigenvalue weighted by molar-refractivity contribution is -0.00679. The smallest absolute Gasteiger partial charge is 0.209 e. The first-order valence-electron chi connectivity index (χ1n) is 4.59. The van der Waals surface area contributed by atoms with Gasteiger partial charge in [-0.1, -0.05) is 0 Å². The van der Waals surface area contributed by atoms with Gasteiger partial charge in [0.15, 0.2) is 0 Å². The van der Waals surface area contributed by atoms with E-state index in [2.05, 4.69) is 10.0 Å². The lowest BCUT2D eigenvalue weighted by Gasteiger charge is -2.32. The monoisotopic (exact) mass is 222 g/mol. The molecule has 0 spiro atoms. The SMILES string of the molecule is CC(C)(CNC1COC1)NS(C)(=O)=O. The molecule has 1 rings (SSSR count). The average Bonchev–Trinajstić information content (AvgIpc) is 1.75. The van der Waals surface area contributed by atoms with Gasteiger partial charge in [0, 0.05) is 12.1 Å². The van der Waals surface area contributed by atoms with Crippen LogP contribution >= 0.6 is 0 Å². The van der Waals surface area contributed by atoms with Gasteiger partial charge < -0.3 is 10.1 Å². The minimum absolute atomic E-state index is 0.371. The maximum absolute atomic E-state index is 11.0. The summed E-state index contributed by atoms with van der Waals surface area (Å²) in [6.07, 6.45) is 1.17. The van der Waals surface area contributed by atoms with E-state index in [-0.39, 0.29) is 0 Å². The Balaban J connectivity index is 2.32. The van der Waals surface area contributed by atoms with E-state index in [1.165, 1.54) is 6.26 Å². The number of ether oxygens (including phenoxy) is 1. The summed E-state index contributed by atoms with van der Waals surface area (Å²) < 4.78 is 29.6. The highest BCUT2D eigenvalue weighted by molar-refractivity contribution is 7.88. The Labute approximate surface area is 85.3 Å². The van der Waals surface area contributed by atoms with Gasteiger partial charge >= 0.3 is 0 Å². The van der Waals surface area contributed by atoms with Crippen molar-refractivity contribution in [2.75, 3.05) is 26.0 Å². The van der Waals surface area contributed by atoms with Gasteiger partial charge in [-0.15, -0.1) is 0 Å². The molecule has 0 bridgehead atoms. The Hall–Kier alpha value is -0.170. The van der Waals surface area contributed by atoms with Crippen molar-refractivity contribution < 1.29 is 13.2 Å². The van der Waals surface area contributed by atoms with Gasteiger partial charge in [0.25, 0.3) is 0 Å². The van der Waals surface area contributed by atoms with Crippen LogP contribution in [0.1, 0.15) is 13.8 Å². The van der Waals surface area contributed by atoms with Gasteiger partial charge in [0.05, 0.1) is 25.5 Å². The Morgan fingerprint density at radius 2 is 2.00 bits per heavy atom. The fraction of sp³-hybridized carbons (Fsp3) is 1.00. The summed E-state index contributed by atoms with van der Waals surface area (Å²) in [6.45, 7) is 5.74. The van der Waals surface area contributed by atoms with Crippen LogP contribution in [0, 0.1) is 0 Å². The first kappa shape index (κ1) is 11.9. The minimum atomic E-state index is -3.14. The predicted molar refractivity (Wildman–Crippen MR) is 54.7 cm³/mol. The van der Waals surface area contributed by atoms with E-state index in [1.54, 1.807) is 0 Å². The lowest BCUT2D eigenvalue weighted by Crippen LogP contribution is -2.55. The van der Waals surface area contributed by atoms with E-state index < -0.39 is 15.6 Å². The second-order valence-electron chi connectivity index (χ2n) is 4.37. The van der Waals surface area contributed by atoms with E-state index in [1.807, 2.05) is 13.8 Å². The molecule has 0 aliphatic carbocycles. The maximum Gasteiger partial charge on any atom is 0.209 e. The Bertz CT molecular complexity index is 283. The van der Waals surface area contributed by atoms with Crippen molar-refractivity contribution in [2.24, 2.45) is 0 Å². The third-order valence-corrected chi connectivity index (χ3v) is 2.86. The number of rotatable bonds is 5. The first-order chi connectivity index (χ1) is 6.29. The summed E-state index contributed by atoms with van der Waals surface area (Å²) in [5.74, 6) is 0. The van der Waals surface area contributed by atoms with E-state index in [0.29, 0.717) is 12.6 Å². The van der Waals surface area contributed by atoms with Crippen molar-refractivity contribution in [1.82, 2.24) is 10.0 Å². The second-order valence-corrected chi connectivity index (χ2v) is 6.12. The van der Waals surface area contributed by atoms with Gasteiger partial charge in [-0.25, -0.2) is 13.1 Å². The quantitative estimate of drug-likeness (QED) is 0.645. The van der Waals surface area contributed by atoms with Crippen LogP contribution in [0.25, 0.3) is 0 Å². The molecule has 0 aromatic carbocycles. The molecular formula is C8H18N2O3S. The highest BCUT2D eigenvalue weighted by atomic mass is 32.2. The molecule has 0 aromatic heterocycles. The number of nitrogens with one attached hydrogen (secondary N) is 2. The predicted octanol–water partition coefficient (Wildman–Crippen LogP) is -0.697. The van der Waals surface area contributed by atoms with Crippen molar-refractivity contribution in [2.45, 2.75) is 25.4 Å². The van der Waals surface area contributed by atoms with Crippen LogP contribution in [0.4, 0.5) is 0 Å². The maximum atomic E-state index is 11.0. The molecule has 0 aromatic rings. The third-order valence-electron chi connectivity index (χ3n) is 1.93. The Morgan fingerprint density at radius 1 is 1.43 bits per heavy atom. The summed E-state index contributed by atoms with van der Waals surface area (Å²) in [6, 6.07) is 0.371. The topological polar surface area (TPSA) is 67.4 Å². The molecule has 5 nitrogen and oxygen atoms in total. The molecule has 0 amide bonds. The first-order valence-corrected chi connectivity index (χ1v) is 6.48. The summed E-state index contributed by atoms with van der Waals surface area (Å²) in [7, 11) is -3.14. The van der Waals surface area contributed by atoms with Crippen molar-refractivity contribution in [1.29, 1.82) is 0 Å². The minimum Gasteiger partial charge on any atom is -0.378 e. The van der Waals surface area contributed by atoms with E-state index in [0.717, 1.165) is 13.2 Å². The molecule has 0 saturated carbocycles. The summed E-state index contributed by atoms with van der Waals surface area (Å²) in [4.78, 5) is 0. The Morgan fingerprint density at radius 3 is 2.36 bits per heavy atom. The summed E-state index contributed by atoms with van der Waals surface area (Å²) in [5, 5.41) is 3.23. The van der Waals surface area contributed by atoms with Crippen LogP contribution in [0.15, 0.2) is 0 Å². The van der Waals surface area contributed by atoms with E-state index in [4.69, 9.17) is 4.74 Å². The average molecular weight is 222 g/mol. The van der Waals surface area contributed by atoms with Crippen molar-refractivity contribution in [3.8, 4) is 0 Å². The van der Waals surface area contributed by atoms with Crippen LogP contribution in [0.5, 0.6) is 0 Å². The van der Waals surface area contributed by atoms with Gasteiger partial charge in [-0.3, -0.25) is 0 Å². The van der Waals surface area contributed by atoms with Crippen LogP contribution in [0.3, 0.4) is 0 Å². The van der Waals surface area contributed by atoms with Crippen molar-refractivity contribution >= 4 is 10.0 Å². The molecule has 2 N–H and O–H groups in total. The number of hydrogen-bond donors (Lipinski definition) is 2. The van der Waals surface area contributed by atoms with Crippen LogP contribution in [0.2, 0.25) is 0 Å². The van der Waals surface area contributed by atoms with Gasteiger partial charge in [-0.05, 0) is 13.8 Å². The largest absolute Gasteiger partial charge is 0.378 e.